The van der Waals surface area contributed by atoms with E-state index in [9.17, 15) is 0 Å². The van der Waals surface area contributed by atoms with Crippen LogP contribution in [0.1, 0.15) is 22.3 Å². The van der Waals surface area contributed by atoms with Gasteiger partial charge in [-0.2, -0.15) is 0 Å². The number of hydrogen-bond donors (Lipinski definition) is 0. The minimum absolute atomic E-state index is 0.562. The van der Waals surface area contributed by atoms with Gasteiger partial charge in [-0.15, -0.1) is 11.3 Å². The van der Waals surface area contributed by atoms with Crippen LogP contribution in [0.15, 0.2) is 103 Å². The molecule has 0 aliphatic carbocycles. The van der Waals surface area contributed by atoms with Crippen molar-refractivity contribution < 1.29 is 14.0 Å². The SMILES string of the molecule is COc1ccccc1C(=C=Cc1cc(C)cc(OC)c1C#C[Si](C)(C)C)P(=O)(c1ccccc1)c1ccccc1. The number of methoxy groups -OCH3 is 2. The van der Waals surface area contributed by atoms with Crippen LogP contribution in [0.4, 0.5) is 0 Å². The summed E-state index contributed by atoms with van der Waals surface area (Å²) in [5, 5.41) is 2.01. The second-order valence-corrected chi connectivity index (χ2v) is 18.0. The van der Waals surface area contributed by atoms with Crippen molar-refractivity contribution in [1.82, 2.24) is 0 Å². The number of rotatable bonds is 7. The summed E-state index contributed by atoms with van der Waals surface area (Å²) in [6.45, 7) is 8.67. The fourth-order valence-electron chi connectivity index (χ4n) is 4.45. The molecule has 0 saturated carbocycles. The number of ether oxygens (including phenoxy) is 2. The standard InChI is InChI=1S/C35H35O3PSi/c1-27-25-28(31(34(26-27)38-3)23-24-40(4,5)6)21-22-35(32-19-13-14-20-33(32)37-2)39(36,29-15-9-7-10-16-29)30-17-11-8-12-18-30/h7-21,25-26H,1-6H3. The zero-order valence-electron chi connectivity index (χ0n) is 24.0. The lowest BCUT2D eigenvalue weighted by molar-refractivity contribution is 0.413. The van der Waals surface area contributed by atoms with E-state index in [4.69, 9.17) is 9.47 Å². The van der Waals surface area contributed by atoms with Crippen LogP contribution in [-0.4, -0.2) is 22.3 Å². The van der Waals surface area contributed by atoms with Crippen molar-refractivity contribution in [3.8, 4) is 23.0 Å². The highest BCUT2D eigenvalue weighted by atomic mass is 31.2. The van der Waals surface area contributed by atoms with Gasteiger partial charge >= 0.3 is 0 Å². The fraction of sp³-hybridized carbons (Fsp3) is 0.171. The molecule has 4 aromatic rings. The molecule has 5 heteroatoms. The van der Waals surface area contributed by atoms with Crippen LogP contribution >= 0.6 is 7.14 Å². The Hall–Kier alpha value is -3.99. The number of aryl methyl sites for hydroxylation is 1. The zero-order chi connectivity index (χ0) is 28.8. The lowest BCUT2D eigenvalue weighted by Gasteiger charge is -2.23. The average Bonchev–Trinajstić information content (AvgIpc) is 2.96. The highest BCUT2D eigenvalue weighted by Crippen LogP contribution is 2.57. The molecule has 0 aliphatic rings. The third-order valence-corrected chi connectivity index (χ3v) is 10.3. The van der Waals surface area contributed by atoms with E-state index in [1.165, 1.54) is 0 Å². The smallest absolute Gasteiger partial charge is 0.179 e. The van der Waals surface area contributed by atoms with Gasteiger partial charge in [0.1, 0.15) is 19.6 Å². The Morgan fingerprint density at radius 2 is 1.32 bits per heavy atom. The first-order valence-electron chi connectivity index (χ1n) is 13.2. The van der Waals surface area contributed by atoms with Crippen molar-refractivity contribution in [1.29, 1.82) is 0 Å². The van der Waals surface area contributed by atoms with Gasteiger partial charge in [0.2, 0.25) is 0 Å². The lowest BCUT2D eigenvalue weighted by atomic mass is 10.0. The normalized spacial score (nSPS) is 11.1. The molecule has 0 atom stereocenters. The maximum Gasteiger partial charge on any atom is 0.179 e. The van der Waals surface area contributed by atoms with Gasteiger partial charge in [-0.1, -0.05) is 98.4 Å². The summed E-state index contributed by atoms with van der Waals surface area (Å²) >= 11 is 0. The van der Waals surface area contributed by atoms with E-state index in [0.29, 0.717) is 16.8 Å². The van der Waals surface area contributed by atoms with E-state index in [2.05, 4.69) is 42.9 Å². The van der Waals surface area contributed by atoms with Gasteiger partial charge in [-0.05, 0) is 42.8 Å². The summed E-state index contributed by atoms with van der Waals surface area (Å²) in [7, 11) is -1.75. The van der Waals surface area contributed by atoms with Crippen molar-refractivity contribution in [3.05, 3.63) is 125 Å². The largest absolute Gasteiger partial charge is 0.496 e. The van der Waals surface area contributed by atoms with E-state index in [-0.39, 0.29) is 0 Å². The average molecular weight is 563 g/mol. The molecule has 0 amide bonds. The van der Waals surface area contributed by atoms with Gasteiger partial charge in [0.15, 0.2) is 7.14 Å². The minimum Gasteiger partial charge on any atom is -0.496 e. The molecule has 4 rings (SSSR count). The van der Waals surface area contributed by atoms with Crippen LogP contribution in [-0.2, 0) is 4.57 Å². The molecule has 0 radical (unpaired) electrons. The van der Waals surface area contributed by atoms with E-state index >= 15 is 4.57 Å². The maximum absolute atomic E-state index is 15.5. The van der Waals surface area contributed by atoms with Crippen LogP contribution in [0, 0.1) is 18.4 Å². The molecule has 0 unspecified atom stereocenters. The first-order chi connectivity index (χ1) is 19.2. The summed E-state index contributed by atoms with van der Waals surface area (Å²) < 4.78 is 27.0. The van der Waals surface area contributed by atoms with Gasteiger partial charge in [-0.25, -0.2) is 0 Å². The van der Waals surface area contributed by atoms with Gasteiger partial charge in [-0.3, -0.25) is 0 Å². The third-order valence-electron chi connectivity index (χ3n) is 6.34. The lowest BCUT2D eigenvalue weighted by Crippen LogP contribution is -2.17. The summed E-state index contributed by atoms with van der Waals surface area (Å²) in [6, 6.07) is 31.0. The molecule has 0 N–H and O–H groups in total. The second kappa shape index (κ2) is 12.5. The Kier molecular flexibility index (Phi) is 9.03. The van der Waals surface area contributed by atoms with Crippen molar-refractivity contribution in [2.24, 2.45) is 0 Å². The van der Waals surface area contributed by atoms with Gasteiger partial charge in [0, 0.05) is 21.7 Å². The van der Waals surface area contributed by atoms with E-state index in [0.717, 1.165) is 32.9 Å². The van der Waals surface area contributed by atoms with Crippen molar-refractivity contribution in [2.75, 3.05) is 14.2 Å². The Labute approximate surface area is 239 Å². The molecule has 40 heavy (non-hydrogen) atoms. The maximum atomic E-state index is 15.5. The topological polar surface area (TPSA) is 35.5 Å². The van der Waals surface area contributed by atoms with E-state index in [1.807, 2.05) is 104 Å². The predicted molar refractivity (Wildman–Crippen MR) is 172 cm³/mol. The van der Waals surface area contributed by atoms with Crippen molar-refractivity contribution >= 4 is 37.2 Å². The molecule has 0 fully saturated rings. The zero-order valence-corrected chi connectivity index (χ0v) is 25.9. The van der Waals surface area contributed by atoms with E-state index in [1.54, 1.807) is 14.2 Å². The quantitative estimate of drug-likeness (QED) is 0.0994. The summed E-state index contributed by atoms with van der Waals surface area (Å²) in [6.07, 6.45) is 1.89. The first kappa shape index (κ1) is 29.0. The molecule has 0 aromatic heterocycles. The van der Waals surface area contributed by atoms with Gasteiger partial charge < -0.3 is 14.0 Å². The molecule has 4 aromatic carbocycles. The molecule has 0 saturated heterocycles. The highest BCUT2D eigenvalue weighted by molar-refractivity contribution is 7.87. The number of benzene rings is 4. The van der Waals surface area contributed by atoms with Gasteiger partial charge in [0.25, 0.3) is 0 Å². The number of para-hydroxylation sites is 1. The molecule has 202 valence electrons. The second-order valence-electron chi connectivity index (χ2n) is 10.5. The fourth-order valence-corrected chi connectivity index (χ4v) is 7.72. The monoisotopic (exact) mass is 562 g/mol. The predicted octanol–water partition coefficient (Wildman–Crippen LogP) is 7.91. The Morgan fingerprint density at radius 1 is 0.775 bits per heavy atom. The molecule has 0 bridgehead atoms. The Bertz CT molecular complexity index is 1620. The summed E-state index contributed by atoms with van der Waals surface area (Å²) in [4.78, 5) is 0. The molecule has 0 spiro atoms. The number of hydrogen-bond acceptors (Lipinski definition) is 3. The van der Waals surface area contributed by atoms with Crippen LogP contribution in [0.5, 0.6) is 11.5 Å². The Balaban J connectivity index is 2.13. The summed E-state index contributed by atoms with van der Waals surface area (Å²) in [5.41, 5.74) is 10.4. The molecule has 0 heterocycles. The summed E-state index contributed by atoms with van der Waals surface area (Å²) in [5.74, 6) is 4.75. The van der Waals surface area contributed by atoms with Crippen LogP contribution in [0.25, 0.3) is 11.4 Å². The Morgan fingerprint density at radius 3 is 1.88 bits per heavy atom. The minimum atomic E-state index is -3.39. The van der Waals surface area contributed by atoms with Crippen LogP contribution < -0.4 is 20.1 Å². The third kappa shape index (κ3) is 6.41. The van der Waals surface area contributed by atoms with Crippen molar-refractivity contribution in [2.45, 2.75) is 26.6 Å². The van der Waals surface area contributed by atoms with Crippen molar-refractivity contribution in [3.63, 3.8) is 0 Å². The molecular formula is C35H35O3PSi. The van der Waals surface area contributed by atoms with Crippen LogP contribution in [0.3, 0.4) is 0 Å². The molecule has 0 aliphatic heterocycles. The molecular weight excluding hydrogens is 527 g/mol. The van der Waals surface area contributed by atoms with Crippen LogP contribution in [0.2, 0.25) is 19.6 Å². The highest BCUT2D eigenvalue weighted by Gasteiger charge is 2.34. The van der Waals surface area contributed by atoms with E-state index < -0.39 is 15.2 Å². The van der Waals surface area contributed by atoms with Gasteiger partial charge in [0.05, 0.1) is 25.1 Å². The molecule has 3 nitrogen and oxygen atoms in total. The first-order valence-corrected chi connectivity index (χ1v) is 18.4.